The number of benzene rings is 1. The summed E-state index contributed by atoms with van der Waals surface area (Å²) in [5.74, 6) is -2.28. The lowest BCUT2D eigenvalue weighted by Gasteiger charge is -2.36. The molecule has 2 rings (SSSR count). The Balaban J connectivity index is 0.00000364. The van der Waals surface area contributed by atoms with E-state index in [1.807, 2.05) is 13.8 Å². The molecule has 152 valence electrons. The maximum atomic E-state index is 13.6. The van der Waals surface area contributed by atoms with Crippen molar-refractivity contribution >= 4 is 24.2 Å². The maximum Gasteiger partial charge on any atom is 0.419 e. The first kappa shape index (κ1) is 23.2. The van der Waals surface area contributed by atoms with E-state index in [2.05, 4.69) is 0 Å². The summed E-state index contributed by atoms with van der Waals surface area (Å²) in [5, 5.41) is 0. The van der Waals surface area contributed by atoms with E-state index in [4.69, 9.17) is 5.73 Å². The summed E-state index contributed by atoms with van der Waals surface area (Å²) in [6.45, 7) is 4.63. The third-order valence-corrected chi connectivity index (χ3v) is 4.40. The van der Waals surface area contributed by atoms with Crippen LogP contribution in [0.3, 0.4) is 0 Å². The fraction of sp³-hybridized carbons (Fsp3) is 0.529. The lowest BCUT2D eigenvalue weighted by atomic mass is 10.0. The Kier molecular flexibility index (Phi) is 7.62. The molecule has 0 unspecified atom stereocenters. The van der Waals surface area contributed by atoms with Crippen molar-refractivity contribution in [2.24, 2.45) is 11.7 Å². The van der Waals surface area contributed by atoms with Gasteiger partial charge in [0, 0.05) is 31.7 Å². The Labute approximate surface area is 160 Å². The van der Waals surface area contributed by atoms with Gasteiger partial charge in [-0.05, 0) is 24.1 Å². The summed E-state index contributed by atoms with van der Waals surface area (Å²) in [7, 11) is 0. The van der Waals surface area contributed by atoms with Crippen LogP contribution in [0.1, 0.15) is 29.8 Å². The van der Waals surface area contributed by atoms with Crippen LogP contribution in [-0.4, -0.2) is 53.8 Å². The molecule has 0 aromatic heterocycles. The van der Waals surface area contributed by atoms with Crippen molar-refractivity contribution in [2.45, 2.75) is 26.1 Å². The summed E-state index contributed by atoms with van der Waals surface area (Å²) < 4.78 is 51.4. The molecule has 1 saturated heterocycles. The van der Waals surface area contributed by atoms with Crippen molar-refractivity contribution in [3.63, 3.8) is 0 Å². The molecule has 2 N–H and O–H groups in total. The van der Waals surface area contributed by atoms with E-state index < -0.39 is 29.5 Å². The zero-order chi connectivity index (χ0) is 19.6. The average Bonchev–Trinajstić information content (AvgIpc) is 2.58. The van der Waals surface area contributed by atoms with Gasteiger partial charge in [0.2, 0.25) is 5.91 Å². The molecule has 1 atom stereocenters. The molecule has 0 spiro atoms. The lowest BCUT2D eigenvalue weighted by Crippen LogP contribution is -2.55. The first-order chi connectivity index (χ1) is 12.0. The normalized spacial score (nSPS) is 16.1. The number of nitrogens with two attached hydrogens (primary N) is 1. The van der Waals surface area contributed by atoms with E-state index in [0.717, 1.165) is 6.07 Å². The summed E-state index contributed by atoms with van der Waals surface area (Å²) in [6.07, 6.45) is -4.81. The van der Waals surface area contributed by atoms with Gasteiger partial charge in [0.15, 0.2) is 0 Å². The van der Waals surface area contributed by atoms with E-state index >= 15 is 0 Å². The molecule has 27 heavy (non-hydrogen) atoms. The van der Waals surface area contributed by atoms with Gasteiger partial charge in [-0.3, -0.25) is 9.59 Å². The van der Waals surface area contributed by atoms with E-state index in [1.54, 1.807) is 4.90 Å². The number of nitrogens with zero attached hydrogens (tertiary/aromatic N) is 2. The van der Waals surface area contributed by atoms with E-state index in [0.29, 0.717) is 12.1 Å². The van der Waals surface area contributed by atoms with Crippen LogP contribution < -0.4 is 5.73 Å². The molecule has 1 fully saturated rings. The zero-order valence-electron chi connectivity index (χ0n) is 14.9. The van der Waals surface area contributed by atoms with Gasteiger partial charge in [0.1, 0.15) is 5.82 Å². The number of amides is 2. The third-order valence-electron chi connectivity index (χ3n) is 4.40. The predicted octanol–water partition coefficient (Wildman–Crippen LogP) is 2.53. The Hall–Kier alpha value is -1.87. The van der Waals surface area contributed by atoms with Crippen molar-refractivity contribution < 1.29 is 27.2 Å². The molecule has 0 saturated carbocycles. The SMILES string of the molecule is CC(C)[C@H](N)C(=O)N1CCN(C(=O)c2ccc(C(F)(F)F)c(F)c2)CC1.Cl. The molecule has 1 heterocycles. The molecule has 2 amide bonds. The number of carbonyl (C=O) groups is 2. The quantitative estimate of drug-likeness (QED) is 0.777. The minimum Gasteiger partial charge on any atom is -0.338 e. The lowest BCUT2D eigenvalue weighted by molar-refractivity contribution is -0.140. The highest BCUT2D eigenvalue weighted by Gasteiger charge is 2.35. The van der Waals surface area contributed by atoms with E-state index in [9.17, 15) is 27.2 Å². The van der Waals surface area contributed by atoms with Crippen molar-refractivity contribution in [1.82, 2.24) is 9.80 Å². The van der Waals surface area contributed by atoms with Crippen LogP contribution in [0, 0.1) is 11.7 Å². The fourth-order valence-corrected chi connectivity index (χ4v) is 2.69. The number of piperazine rings is 1. The van der Waals surface area contributed by atoms with Crippen LogP contribution in [0.4, 0.5) is 17.6 Å². The van der Waals surface area contributed by atoms with Gasteiger partial charge in [-0.25, -0.2) is 4.39 Å². The van der Waals surface area contributed by atoms with Crippen LogP contribution in [0.25, 0.3) is 0 Å². The van der Waals surface area contributed by atoms with Crippen molar-refractivity contribution in [1.29, 1.82) is 0 Å². The summed E-state index contributed by atoms with van der Waals surface area (Å²) >= 11 is 0. The standard InChI is InChI=1S/C17H21F4N3O2.ClH/c1-10(2)14(22)16(26)24-7-5-23(6-8-24)15(25)11-3-4-12(13(18)9-11)17(19,20)21;/h3-4,9-10,14H,5-8,22H2,1-2H3;1H/t14-;/m0./s1. The smallest absolute Gasteiger partial charge is 0.338 e. The van der Waals surface area contributed by atoms with Gasteiger partial charge in [-0.2, -0.15) is 13.2 Å². The Morgan fingerprint density at radius 2 is 1.59 bits per heavy atom. The highest BCUT2D eigenvalue weighted by Crippen LogP contribution is 2.31. The highest BCUT2D eigenvalue weighted by atomic mass is 35.5. The minimum atomic E-state index is -4.81. The van der Waals surface area contributed by atoms with Gasteiger partial charge in [-0.15, -0.1) is 12.4 Å². The van der Waals surface area contributed by atoms with E-state index in [1.165, 1.54) is 4.90 Å². The molecule has 1 aromatic rings. The van der Waals surface area contributed by atoms with E-state index in [-0.39, 0.29) is 56.0 Å². The number of alkyl halides is 3. The fourth-order valence-electron chi connectivity index (χ4n) is 2.69. The molecule has 10 heteroatoms. The molecule has 1 aliphatic rings. The van der Waals surface area contributed by atoms with Crippen LogP contribution in [0.2, 0.25) is 0 Å². The summed E-state index contributed by atoms with van der Waals surface area (Å²) in [6, 6.07) is 1.49. The Morgan fingerprint density at radius 3 is 2.04 bits per heavy atom. The molecule has 0 radical (unpaired) electrons. The maximum absolute atomic E-state index is 13.6. The number of hydrogen-bond acceptors (Lipinski definition) is 3. The van der Waals surface area contributed by atoms with Crippen LogP contribution in [0.5, 0.6) is 0 Å². The van der Waals surface area contributed by atoms with Crippen LogP contribution in [0.15, 0.2) is 18.2 Å². The van der Waals surface area contributed by atoms with Crippen LogP contribution >= 0.6 is 12.4 Å². The second-order valence-corrected chi connectivity index (χ2v) is 6.58. The second-order valence-electron chi connectivity index (χ2n) is 6.58. The molecular formula is C17H22ClF4N3O2. The largest absolute Gasteiger partial charge is 0.419 e. The highest BCUT2D eigenvalue weighted by molar-refractivity contribution is 5.94. The number of rotatable bonds is 3. The van der Waals surface area contributed by atoms with Crippen molar-refractivity contribution in [3.05, 3.63) is 35.1 Å². The molecule has 5 nitrogen and oxygen atoms in total. The molecule has 1 aliphatic heterocycles. The molecular weight excluding hydrogens is 390 g/mol. The predicted molar refractivity (Wildman–Crippen MR) is 93.9 cm³/mol. The topological polar surface area (TPSA) is 66.6 Å². The first-order valence-corrected chi connectivity index (χ1v) is 8.22. The average molecular weight is 412 g/mol. The van der Waals surface area contributed by atoms with Gasteiger partial charge in [0.05, 0.1) is 11.6 Å². The first-order valence-electron chi connectivity index (χ1n) is 8.22. The Bertz CT molecular complexity index is 689. The van der Waals surface area contributed by atoms with Gasteiger partial charge in [0.25, 0.3) is 5.91 Å². The number of hydrogen-bond donors (Lipinski definition) is 1. The third kappa shape index (κ3) is 5.32. The van der Waals surface area contributed by atoms with Gasteiger partial charge in [-0.1, -0.05) is 13.8 Å². The van der Waals surface area contributed by atoms with Crippen molar-refractivity contribution in [2.75, 3.05) is 26.2 Å². The second kappa shape index (κ2) is 8.88. The molecule has 0 bridgehead atoms. The van der Waals surface area contributed by atoms with Crippen LogP contribution in [-0.2, 0) is 11.0 Å². The summed E-state index contributed by atoms with van der Waals surface area (Å²) in [5.41, 5.74) is 4.27. The Morgan fingerprint density at radius 1 is 1.07 bits per heavy atom. The number of carbonyl (C=O) groups excluding carboxylic acids is 2. The monoisotopic (exact) mass is 411 g/mol. The van der Waals surface area contributed by atoms with Gasteiger partial charge < -0.3 is 15.5 Å². The van der Waals surface area contributed by atoms with Gasteiger partial charge >= 0.3 is 6.18 Å². The minimum absolute atomic E-state index is 0. The van der Waals surface area contributed by atoms with Crippen molar-refractivity contribution in [3.8, 4) is 0 Å². The zero-order valence-corrected chi connectivity index (χ0v) is 15.7. The molecule has 0 aliphatic carbocycles. The molecule has 1 aromatic carbocycles. The number of halogens is 5. The summed E-state index contributed by atoms with van der Waals surface area (Å²) in [4.78, 5) is 27.5.